The van der Waals surface area contributed by atoms with E-state index in [0.29, 0.717) is 6.54 Å². The molecule has 0 aromatic heterocycles. The summed E-state index contributed by atoms with van der Waals surface area (Å²) in [6, 6.07) is 0. The van der Waals surface area contributed by atoms with Crippen molar-refractivity contribution in [2.45, 2.75) is 40.0 Å². The third kappa shape index (κ3) is 4.11. The number of rotatable bonds is 3. The number of nitrogens with one attached hydrogen (secondary N) is 1. The molecule has 0 saturated carbocycles. The van der Waals surface area contributed by atoms with Crippen LogP contribution in [0.25, 0.3) is 0 Å². The van der Waals surface area contributed by atoms with Gasteiger partial charge in [-0.25, -0.2) is 0 Å². The molecule has 0 aromatic rings. The molecular formula is C15H21NO. The highest BCUT2D eigenvalue weighted by molar-refractivity contribution is 5.81. The molecule has 1 N–H and O–H groups in total. The van der Waals surface area contributed by atoms with Crippen molar-refractivity contribution in [3.05, 3.63) is 23.3 Å². The van der Waals surface area contributed by atoms with Crippen molar-refractivity contribution >= 4 is 5.91 Å². The summed E-state index contributed by atoms with van der Waals surface area (Å²) in [7, 11) is 0. The third-order valence-electron chi connectivity index (χ3n) is 2.90. The second kappa shape index (κ2) is 5.72. The van der Waals surface area contributed by atoms with Crippen LogP contribution in [0.2, 0.25) is 0 Å². The Morgan fingerprint density at radius 2 is 2.18 bits per heavy atom. The molecule has 0 atom stereocenters. The zero-order valence-corrected chi connectivity index (χ0v) is 11.0. The number of hydrogen-bond donors (Lipinski definition) is 1. The summed E-state index contributed by atoms with van der Waals surface area (Å²) in [5, 5.41) is 2.99. The van der Waals surface area contributed by atoms with Crippen molar-refractivity contribution in [1.29, 1.82) is 0 Å². The molecule has 0 aliphatic heterocycles. The van der Waals surface area contributed by atoms with E-state index < -0.39 is 0 Å². The van der Waals surface area contributed by atoms with Crippen LogP contribution < -0.4 is 5.32 Å². The molecule has 0 saturated heterocycles. The Hall–Kier alpha value is -1.49. The molecule has 0 fully saturated rings. The Labute approximate surface area is 104 Å². The summed E-state index contributed by atoms with van der Waals surface area (Å²) in [6.07, 6.45) is 12.2. The van der Waals surface area contributed by atoms with E-state index in [-0.39, 0.29) is 11.3 Å². The Morgan fingerprint density at radius 3 is 2.76 bits per heavy atom. The minimum Gasteiger partial charge on any atom is -0.352 e. The van der Waals surface area contributed by atoms with Gasteiger partial charge in [0.25, 0.3) is 0 Å². The summed E-state index contributed by atoms with van der Waals surface area (Å²) in [6.45, 7) is 6.42. The quantitative estimate of drug-likeness (QED) is 0.743. The van der Waals surface area contributed by atoms with Gasteiger partial charge < -0.3 is 5.32 Å². The fourth-order valence-electron chi connectivity index (χ4n) is 1.83. The molecule has 17 heavy (non-hydrogen) atoms. The highest BCUT2D eigenvalue weighted by Gasteiger charge is 2.21. The fraction of sp³-hybridized carbons (Fsp3) is 0.533. The average molecular weight is 231 g/mol. The van der Waals surface area contributed by atoms with E-state index in [9.17, 15) is 4.79 Å². The standard InChI is InChI=1S/C15H21NO/c1-5-6-8-12-9-7-10-13(12)11-16-14(17)15(2,3)4/h1,6,8H,7,9-11H2,2-4H3,(H,16,17)/b8-6-. The van der Waals surface area contributed by atoms with Gasteiger partial charge in [0.15, 0.2) is 0 Å². The zero-order valence-electron chi connectivity index (χ0n) is 11.0. The number of carbonyl (C=O) groups excluding carboxylic acids is 1. The first-order chi connectivity index (χ1) is 7.95. The minimum atomic E-state index is -0.325. The van der Waals surface area contributed by atoms with Gasteiger partial charge in [0.2, 0.25) is 5.91 Å². The number of terminal acetylenes is 1. The molecule has 2 nitrogen and oxygen atoms in total. The molecule has 0 bridgehead atoms. The molecule has 1 rings (SSSR count). The highest BCUT2D eigenvalue weighted by atomic mass is 16.2. The largest absolute Gasteiger partial charge is 0.352 e. The van der Waals surface area contributed by atoms with Crippen LogP contribution in [0, 0.1) is 17.8 Å². The Balaban J connectivity index is 2.59. The van der Waals surface area contributed by atoms with Crippen LogP contribution in [0.15, 0.2) is 23.3 Å². The second-order valence-corrected chi connectivity index (χ2v) is 5.42. The smallest absolute Gasteiger partial charge is 0.225 e. The summed E-state index contributed by atoms with van der Waals surface area (Å²) in [5.74, 6) is 2.60. The van der Waals surface area contributed by atoms with Gasteiger partial charge in [0.1, 0.15) is 0 Å². The van der Waals surface area contributed by atoms with Crippen LogP contribution in [-0.4, -0.2) is 12.5 Å². The molecule has 1 aliphatic carbocycles. The maximum Gasteiger partial charge on any atom is 0.225 e. The van der Waals surface area contributed by atoms with Gasteiger partial charge >= 0.3 is 0 Å². The lowest BCUT2D eigenvalue weighted by atomic mass is 9.95. The van der Waals surface area contributed by atoms with E-state index >= 15 is 0 Å². The SMILES string of the molecule is C#C/C=C\C1=C(CNC(=O)C(C)(C)C)CCC1. The van der Waals surface area contributed by atoms with E-state index in [1.807, 2.05) is 26.8 Å². The van der Waals surface area contributed by atoms with Crippen LogP contribution in [0.4, 0.5) is 0 Å². The Morgan fingerprint density at radius 1 is 1.47 bits per heavy atom. The molecule has 0 radical (unpaired) electrons. The first-order valence-corrected chi connectivity index (χ1v) is 6.07. The van der Waals surface area contributed by atoms with Crippen LogP contribution in [-0.2, 0) is 4.79 Å². The summed E-state index contributed by atoms with van der Waals surface area (Å²) in [4.78, 5) is 11.8. The Kier molecular flexibility index (Phi) is 4.57. The highest BCUT2D eigenvalue weighted by Crippen LogP contribution is 2.26. The minimum absolute atomic E-state index is 0.0946. The van der Waals surface area contributed by atoms with Crippen LogP contribution >= 0.6 is 0 Å². The fourth-order valence-corrected chi connectivity index (χ4v) is 1.83. The third-order valence-corrected chi connectivity index (χ3v) is 2.90. The molecule has 92 valence electrons. The van der Waals surface area contributed by atoms with Crippen molar-refractivity contribution < 1.29 is 4.79 Å². The molecule has 0 unspecified atom stereocenters. The van der Waals surface area contributed by atoms with Crippen molar-refractivity contribution in [2.75, 3.05) is 6.54 Å². The van der Waals surface area contributed by atoms with E-state index in [1.54, 1.807) is 6.08 Å². The van der Waals surface area contributed by atoms with Crippen molar-refractivity contribution in [3.63, 3.8) is 0 Å². The molecule has 0 spiro atoms. The molecule has 0 heterocycles. The lowest BCUT2D eigenvalue weighted by molar-refractivity contribution is -0.128. The first-order valence-electron chi connectivity index (χ1n) is 6.07. The monoisotopic (exact) mass is 231 g/mol. The van der Waals surface area contributed by atoms with Crippen molar-refractivity contribution in [2.24, 2.45) is 5.41 Å². The predicted octanol–water partition coefficient (Wildman–Crippen LogP) is 2.82. The maximum absolute atomic E-state index is 11.8. The predicted molar refractivity (Wildman–Crippen MR) is 71.3 cm³/mol. The summed E-state index contributed by atoms with van der Waals surface area (Å²) in [5.41, 5.74) is 2.28. The lowest BCUT2D eigenvalue weighted by Gasteiger charge is -2.18. The topological polar surface area (TPSA) is 29.1 Å². The van der Waals surface area contributed by atoms with Crippen LogP contribution in [0.3, 0.4) is 0 Å². The molecular weight excluding hydrogens is 210 g/mol. The van der Waals surface area contributed by atoms with E-state index in [0.717, 1.165) is 19.3 Å². The van der Waals surface area contributed by atoms with Gasteiger partial charge in [-0.05, 0) is 36.5 Å². The number of hydrogen-bond acceptors (Lipinski definition) is 1. The normalized spacial score (nSPS) is 16.4. The molecule has 2 heteroatoms. The van der Waals surface area contributed by atoms with Crippen molar-refractivity contribution in [3.8, 4) is 12.3 Å². The van der Waals surface area contributed by atoms with E-state index in [4.69, 9.17) is 6.42 Å². The van der Waals surface area contributed by atoms with Gasteiger partial charge in [-0.1, -0.05) is 32.8 Å². The van der Waals surface area contributed by atoms with Crippen LogP contribution in [0.1, 0.15) is 40.0 Å². The first kappa shape index (κ1) is 13.6. The molecule has 0 aromatic carbocycles. The maximum atomic E-state index is 11.8. The van der Waals surface area contributed by atoms with Gasteiger partial charge in [0.05, 0.1) is 0 Å². The number of allylic oxidation sites excluding steroid dienone is 3. The van der Waals surface area contributed by atoms with Gasteiger partial charge in [0, 0.05) is 12.0 Å². The summed E-state index contributed by atoms with van der Waals surface area (Å²) < 4.78 is 0. The van der Waals surface area contributed by atoms with Crippen LogP contribution in [0.5, 0.6) is 0 Å². The Bertz CT molecular complexity index is 388. The number of carbonyl (C=O) groups is 1. The average Bonchev–Trinajstić information content (AvgIpc) is 2.69. The summed E-state index contributed by atoms with van der Waals surface area (Å²) >= 11 is 0. The molecule has 1 aliphatic rings. The second-order valence-electron chi connectivity index (χ2n) is 5.42. The molecule has 1 amide bonds. The van der Waals surface area contributed by atoms with Crippen molar-refractivity contribution in [1.82, 2.24) is 5.32 Å². The van der Waals surface area contributed by atoms with E-state index in [2.05, 4.69) is 11.2 Å². The zero-order chi connectivity index (χ0) is 12.9. The lowest BCUT2D eigenvalue weighted by Crippen LogP contribution is -2.35. The van der Waals surface area contributed by atoms with Gasteiger partial charge in [-0.2, -0.15) is 0 Å². The van der Waals surface area contributed by atoms with Gasteiger partial charge in [-0.15, -0.1) is 6.42 Å². The van der Waals surface area contributed by atoms with E-state index in [1.165, 1.54) is 11.1 Å². The number of amides is 1. The van der Waals surface area contributed by atoms with Gasteiger partial charge in [-0.3, -0.25) is 4.79 Å².